The normalized spacial score (nSPS) is 9.83. The van der Waals surface area contributed by atoms with Crippen LogP contribution >= 0.6 is 0 Å². The molecule has 0 amide bonds. The molecule has 0 aliphatic rings. The van der Waals surface area contributed by atoms with Gasteiger partial charge in [-0.25, -0.2) is 4.98 Å². The minimum absolute atomic E-state index is 0.760. The van der Waals surface area contributed by atoms with Crippen LogP contribution in [-0.4, -0.2) is 16.1 Å². The monoisotopic (exact) mass is 165 g/mol. The van der Waals surface area contributed by atoms with Gasteiger partial charge in [-0.05, 0) is 13.8 Å². The number of anilines is 1. The number of hydrogen-bond donors (Lipinski definition) is 1. The maximum absolute atomic E-state index is 4.32. The first-order valence-corrected chi connectivity index (χ1v) is 4.16. The highest BCUT2D eigenvalue weighted by molar-refractivity contribution is 5.29. The van der Waals surface area contributed by atoms with Gasteiger partial charge < -0.3 is 9.88 Å². The van der Waals surface area contributed by atoms with E-state index in [1.807, 2.05) is 19.2 Å². The van der Waals surface area contributed by atoms with Crippen LogP contribution in [0.4, 0.5) is 5.95 Å². The third-order valence-electron chi connectivity index (χ3n) is 1.64. The smallest absolute Gasteiger partial charge is 0.203 e. The summed E-state index contributed by atoms with van der Waals surface area (Å²) < 4.78 is 2.08. The van der Waals surface area contributed by atoms with Crippen molar-refractivity contribution in [3.05, 3.63) is 24.5 Å². The molecular formula is C9H15N3. The van der Waals surface area contributed by atoms with Gasteiger partial charge in [-0.2, -0.15) is 0 Å². The lowest BCUT2D eigenvalue weighted by Gasteiger charge is -2.04. The molecule has 0 atom stereocenters. The molecule has 66 valence electrons. The Balaban J connectivity index is 2.74. The molecule has 0 unspecified atom stereocenters. The van der Waals surface area contributed by atoms with Gasteiger partial charge in [0.25, 0.3) is 0 Å². The van der Waals surface area contributed by atoms with E-state index in [1.54, 1.807) is 0 Å². The van der Waals surface area contributed by atoms with E-state index < -0.39 is 0 Å². The number of hydrogen-bond acceptors (Lipinski definition) is 2. The van der Waals surface area contributed by atoms with Crippen LogP contribution in [0.1, 0.15) is 12.6 Å². The fourth-order valence-corrected chi connectivity index (χ4v) is 1.09. The topological polar surface area (TPSA) is 29.9 Å². The van der Waals surface area contributed by atoms with E-state index in [9.17, 15) is 0 Å². The zero-order valence-electron chi connectivity index (χ0n) is 7.67. The second kappa shape index (κ2) is 3.95. The Morgan fingerprint density at radius 1 is 1.75 bits per heavy atom. The van der Waals surface area contributed by atoms with Crippen LogP contribution < -0.4 is 5.32 Å². The number of nitrogens with one attached hydrogen (secondary N) is 1. The highest BCUT2D eigenvalue weighted by atomic mass is 15.2. The Hall–Kier alpha value is -1.25. The van der Waals surface area contributed by atoms with Crippen molar-refractivity contribution >= 4 is 5.95 Å². The molecule has 0 spiro atoms. The van der Waals surface area contributed by atoms with Crippen LogP contribution in [-0.2, 0) is 6.54 Å². The van der Waals surface area contributed by atoms with E-state index in [4.69, 9.17) is 0 Å². The molecule has 0 saturated carbocycles. The van der Waals surface area contributed by atoms with Gasteiger partial charge in [-0.3, -0.25) is 0 Å². The predicted molar refractivity (Wildman–Crippen MR) is 51.3 cm³/mol. The molecule has 3 nitrogen and oxygen atoms in total. The van der Waals surface area contributed by atoms with Gasteiger partial charge in [-0.1, -0.05) is 6.08 Å². The lowest BCUT2D eigenvalue weighted by molar-refractivity contribution is 0.766. The first kappa shape index (κ1) is 8.84. The number of aromatic nitrogens is 2. The van der Waals surface area contributed by atoms with Crippen molar-refractivity contribution in [3.8, 4) is 0 Å². The number of nitrogens with zero attached hydrogens (tertiary/aromatic N) is 2. The molecule has 0 saturated heterocycles. The molecule has 3 heteroatoms. The second-order valence-electron chi connectivity index (χ2n) is 2.66. The summed E-state index contributed by atoms with van der Waals surface area (Å²) >= 11 is 0. The largest absolute Gasteiger partial charge is 0.352 e. The van der Waals surface area contributed by atoms with Crippen LogP contribution in [0.15, 0.2) is 18.9 Å². The summed E-state index contributed by atoms with van der Waals surface area (Å²) in [4.78, 5) is 4.32. The zero-order chi connectivity index (χ0) is 8.97. The van der Waals surface area contributed by atoms with Gasteiger partial charge >= 0.3 is 0 Å². The molecule has 0 aliphatic carbocycles. The van der Waals surface area contributed by atoms with Crippen molar-refractivity contribution < 1.29 is 0 Å². The summed E-state index contributed by atoms with van der Waals surface area (Å²) in [6.45, 7) is 9.43. The summed E-state index contributed by atoms with van der Waals surface area (Å²) in [5.74, 6) is 0.926. The van der Waals surface area contributed by atoms with Crippen molar-refractivity contribution in [2.24, 2.45) is 0 Å². The van der Waals surface area contributed by atoms with Gasteiger partial charge in [0.05, 0.1) is 5.69 Å². The van der Waals surface area contributed by atoms with Gasteiger partial charge in [0.1, 0.15) is 0 Å². The average molecular weight is 165 g/mol. The standard InChI is InChI=1S/C9H15N3/c1-4-6-10-9-11-8(3)7-12(9)5-2/h4,7H,1,5-6H2,2-3H3,(H,10,11). The maximum Gasteiger partial charge on any atom is 0.203 e. The molecule has 1 heterocycles. The fourth-order valence-electron chi connectivity index (χ4n) is 1.09. The molecule has 1 N–H and O–H groups in total. The van der Waals surface area contributed by atoms with Crippen molar-refractivity contribution in [1.82, 2.24) is 9.55 Å². The van der Waals surface area contributed by atoms with Crippen molar-refractivity contribution in [1.29, 1.82) is 0 Å². The molecule has 0 aromatic carbocycles. The van der Waals surface area contributed by atoms with Gasteiger partial charge in [-0.15, -0.1) is 6.58 Å². The molecule has 1 aromatic heterocycles. The van der Waals surface area contributed by atoms with Crippen molar-refractivity contribution in [2.45, 2.75) is 20.4 Å². The average Bonchev–Trinajstić information content (AvgIpc) is 2.42. The van der Waals surface area contributed by atoms with Gasteiger partial charge in [0.15, 0.2) is 0 Å². The van der Waals surface area contributed by atoms with E-state index in [2.05, 4.69) is 28.4 Å². The third-order valence-corrected chi connectivity index (χ3v) is 1.64. The van der Waals surface area contributed by atoms with E-state index in [0.29, 0.717) is 0 Å². The molecule has 12 heavy (non-hydrogen) atoms. The SMILES string of the molecule is C=CCNc1nc(C)cn1CC. The lowest BCUT2D eigenvalue weighted by atomic mass is 10.6. The first-order chi connectivity index (χ1) is 5.77. The van der Waals surface area contributed by atoms with E-state index in [1.165, 1.54) is 0 Å². The molecule has 0 bridgehead atoms. The van der Waals surface area contributed by atoms with Crippen LogP contribution in [0.25, 0.3) is 0 Å². The molecule has 0 radical (unpaired) electrons. The number of rotatable bonds is 4. The highest BCUT2D eigenvalue weighted by Gasteiger charge is 2.00. The Kier molecular flexibility index (Phi) is 2.91. The predicted octanol–water partition coefficient (Wildman–Crippen LogP) is 1.81. The summed E-state index contributed by atoms with van der Waals surface area (Å²) in [7, 11) is 0. The first-order valence-electron chi connectivity index (χ1n) is 4.16. The summed E-state index contributed by atoms with van der Waals surface area (Å²) in [5, 5.41) is 3.17. The minimum atomic E-state index is 0.760. The van der Waals surface area contributed by atoms with Crippen LogP contribution in [0.2, 0.25) is 0 Å². The van der Waals surface area contributed by atoms with E-state index in [0.717, 1.165) is 24.7 Å². The van der Waals surface area contributed by atoms with Crippen LogP contribution in [0, 0.1) is 6.92 Å². The number of aryl methyl sites for hydroxylation is 2. The Morgan fingerprint density at radius 3 is 3.08 bits per heavy atom. The summed E-state index contributed by atoms with van der Waals surface area (Å²) in [6, 6.07) is 0. The summed E-state index contributed by atoms with van der Waals surface area (Å²) in [5.41, 5.74) is 1.04. The maximum atomic E-state index is 4.32. The Bertz CT molecular complexity index is 263. The second-order valence-corrected chi connectivity index (χ2v) is 2.66. The Morgan fingerprint density at radius 2 is 2.50 bits per heavy atom. The Labute approximate surface area is 73.1 Å². The molecular weight excluding hydrogens is 150 g/mol. The van der Waals surface area contributed by atoms with Crippen LogP contribution in [0.5, 0.6) is 0 Å². The fraction of sp³-hybridized carbons (Fsp3) is 0.444. The lowest BCUT2D eigenvalue weighted by Crippen LogP contribution is -2.05. The van der Waals surface area contributed by atoms with Gasteiger partial charge in [0.2, 0.25) is 5.95 Å². The van der Waals surface area contributed by atoms with Crippen molar-refractivity contribution in [2.75, 3.05) is 11.9 Å². The quantitative estimate of drug-likeness (QED) is 0.689. The van der Waals surface area contributed by atoms with Gasteiger partial charge in [0, 0.05) is 19.3 Å². The number of imidazole rings is 1. The highest BCUT2D eigenvalue weighted by Crippen LogP contribution is 2.07. The van der Waals surface area contributed by atoms with Crippen molar-refractivity contribution in [3.63, 3.8) is 0 Å². The molecule has 1 aromatic rings. The zero-order valence-corrected chi connectivity index (χ0v) is 7.67. The molecule has 0 aliphatic heterocycles. The van der Waals surface area contributed by atoms with E-state index in [-0.39, 0.29) is 0 Å². The molecule has 1 rings (SSSR count). The van der Waals surface area contributed by atoms with Crippen LogP contribution in [0.3, 0.4) is 0 Å². The third kappa shape index (κ3) is 1.87. The summed E-state index contributed by atoms with van der Waals surface area (Å²) in [6.07, 6.45) is 3.86. The molecule has 0 fully saturated rings. The minimum Gasteiger partial charge on any atom is -0.352 e. The van der Waals surface area contributed by atoms with E-state index >= 15 is 0 Å².